The number of benzene rings is 1. The number of hydrogen-bond acceptors (Lipinski definition) is 3. The summed E-state index contributed by atoms with van der Waals surface area (Å²) in [5.41, 5.74) is 7.92. The van der Waals surface area contributed by atoms with Crippen LogP contribution in [0.2, 0.25) is 0 Å². The van der Waals surface area contributed by atoms with Gasteiger partial charge in [-0.05, 0) is 37.3 Å². The topological polar surface area (TPSA) is 38.5 Å². The number of rotatable bonds is 5. The summed E-state index contributed by atoms with van der Waals surface area (Å²) >= 11 is 0. The molecule has 0 saturated heterocycles. The van der Waals surface area contributed by atoms with Gasteiger partial charge in [-0.2, -0.15) is 0 Å². The Balaban J connectivity index is 2.23. The fourth-order valence-electron chi connectivity index (χ4n) is 4.28. The second-order valence-electron chi connectivity index (χ2n) is 7.42. The normalized spacial score (nSPS) is 28.0. The van der Waals surface area contributed by atoms with Gasteiger partial charge in [0, 0.05) is 24.2 Å². The summed E-state index contributed by atoms with van der Waals surface area (Å²) in [6, 6.07) is 8.26. The summed E-state index contributed by atoms with van der Waals surface area (Å²) in [6.45, 7) is 8.65. The molecule has 2 unspecified atom stereocenters. The smallest absolute Gasteiger partial charge is 0.123 e. The summed E-state index contributed by atoms with van der Waals surface area (Å²) in [5.74, 6) is 1.57. The van der Waals surface area contributed by atoms with Crippen LogP contribution in [-0.4, -0.2) is 31.1 Å². The van der Waals surface area contributed by atoms with E-state index in [1.807, 2.05) is 12.1 Å². The summed E-state index contributed by atoms with van der Waals surface area (Å²) in [7, 11) is 3.94. The van der Waals surface area contributed by atoms with Crippen molar-refractivity contribution in [3.63, 3.8) is 0 Å². The van der Waals surface area contributed by atoms with Gasteiger partial charge < -0.3 is 10.5 Å². The van der Waals surface area contributed by atoms with Gasteiger partial charge in [0.1, 0.15) is 5.75 Å². The van der Waals surface area contributed by atoms with Crippen molar-refractivity contribution in [2.75, 3.05) is 20.7 Å². The van der Waals surface area contributed by atoms with Crippen molar-refractivity contribution in [3.8, 4) is 5.75 Å². The molecule has 1 aliphatic rings. The van der Waals surface area contributed by atoms with Crippen LogP contribution in [0.25, 0.3) is 0 Å². The van der Waals surface area contributed by atoms with Crippen LogP contribution in [0.5, 0.6) is 5.75 Å². The van der Waals surface area contributed by atoms with Gasteiger partial charge in [-0.15, -0.1) is 0 Å². The molecule has 2 rings (SSSR count). The van der Waals surface area contributed by atoms with Crippen LogP contribution < -0.4 is 10.5 Å². The highest BCUT2D eigenvalue weighted by Gasteiger charge is 2.50. The highest BCUT2D eigenvalue weighted by molar-refractivity contribution is 5.33. The molecule has 21 heavy (non-hydrogen) atoms. The quantitative estimate of drug-likeness (QED) is 0.904. The first kappa shape index (κ1) is 16.3. The second-order valence-corrected chi connectivity index (χ2v) is 7.42. The maximum Gasteiger partial charge on any atom is 0.123 e. The molecule has 0 bridgehead atoms. The van der Waals surface area contributed by atoms with Crippen molar-refractivity contribution in [3.05, 3.63) is 29.8 Å². The molecular weight excluding hydrogens is 260 g/mol. The molecule has 0 aliphatic heterocycles. The lowest BCUT2D eigenvalue weighted by atomic mass is 9.84. The minimum atomic E-state index is 0.0877. The highest BCUT2D eigenvalue weighted by Crippen LogP contribution is 2.50. The number of hydrogen-bond donors (Lipinski definition) is 1. The fourth-order valence-corrected chi connectivity index (χ4v) is 4.28. The first-order valence-electron chi connectivity index (χ1n) is 7.88. The third-order valence-electron chi connectivity index (χ3n) is 5.27. The molecule has 3 heteroatoms. The van der Waals surface area contributed by atoms with Crippen LogP contribution in [0, 0.1) is 11.3 Å². The van der Waals surface area contributed by atoms with E-state index in [4.69, 9.17) is 10.5 Å². The van der Waals surface area contributed by atoms with Crippen LogP contribution in [0.15, 0.2) is 24.3 Å². The van der Waals surface area contributed by atoms with E-state index in [9.17, 15) is 0 Å². The van der Waals surface area contributed by atoms with Crippen molar-refractivity contribution in [2.45, 2.75) is 45.7 Å². The zero-order chi connectivity index (χ0) is 15.7. The average molecular weight is 290 g/mol. The van der Waals surface area contributed by atoms with Gasteiger partial charge in [0.15, 0.2) is 0 Å². The molecular formula is C18H30N2O. The van der Waals surface area contributed by atoms with Crippen molar-refractivity contribution in [2.24, 2.45) is 17.1 Å². The van der Waals surface area contributed by atoms with E-state index in [1.165, 1.54) is 12.0 Å². The van der Waals surface area contributed by atoms with Crippen LogP contribution in [0.1, 0.15) is 39.2 Å². The Labute approximate surface area is 129 Å². The number of nitrogens with zero attached hydrogens (tertiary/aromatic N) is 1. The molecule has 0 spiro atoms. The highest BCUT2D eigenvalue weighted by atomic mass is 16.5. The predicted octanol–water partition coefficient (Wildman–Crippen LogP) is 3.28. The Bertz CT molecular complexity index is 486. The van der Waals surface area contributed by atoms with Crippen LogP contribution in [0.4, 0.5) is 0 Å². The lowest BCUT2D eigenvalue weighted by Gasteiger charge is -2.42. The molecule has 2 atom stereocenters. The number of likely N-dealkylation sites (N-methyl/N-ethyl adjacent to an activating group) is 1. The zero-order valence-corrected chi connectivity index (χ0v) is 14.1. The SMILES string of the molecule is COc1ccccc1CN(C)C1(CN)CC(C)(C)CC1C. The van der Waals surface area contributed by atoms with Crippen LogP contribution in [0.3, 0.4) is 0 Å². The second kappa shape index (κ2) is 5.98. The first-order chi connectivity index (χ1) is 9.84. The van der Waals surface area contributed by atoms with Crippen molar-refractivity contribution in [1.29, 1.82) is 0 Å². The minimum absolute atomic E-state index is 0.0877. The van der Waals surface area contributed by atoms with E-state index in [-0.39, 0.29) is 5.54 Å². The Morgan fingerprint density at radius 3 is 2.52 bits per heavy atom. The molecule has 0 amide bonds. The van der Waals surface area contributed by atoms with Crippen LogP contribution >= 0.6 is 0 Å². The summed E-state index contributed by atoms with van der Waals surface area (Å²) in [6.07, 6.45) is 2.39. The van der Waals surface area contributed by atoms with Gasteiger partial charge in [-0.25, -0.2) is 0 Å². The van der Waals surface area contributed by atoms with E-state index in [0.717, 1.165) is 18.7 Å². The molecule has 3 nitrogen and oxygen atoms in total. The first-order valence-corrected chi connectivity index (χ1v) is 7.88. The maximum absolute atomic E-state index is 6.23. The molecule has 1 saturated carbocycles. The molecule has 118 valence electrons. The van der Waals surface area contributed by atoms with Crippen molar-refractivity contribution >= 4 is 0 Å². The largest absolute Gasteiger partial charge is 0.496 e. The monoisotopic (exact) mass is 290 g/mol. The van der Waals surface area contributed by atoms with E-state index < -0.39 is 0 Å². The van der Waals surface area contributed by atoms with E-state index in [2.05, 4.69) is 44.9 Å². The van der Waals surface area contributed by atoms with E-state index >= 15 is 0 Å². The Kier molecular flexibility index (Phi) is 4.64. The Morgan fingerprint density at radius 1 is 1.33 bits per heavy atom. The van der Waals surface area contributed by atoms with E-state index in [0.29, 0.717) is 17.9 Å². The zero-order valence-electron chi connectivity index (χ0n) is 14.1. The summed E-state index contributed by atoms with van der Waals surface area (Å²) in [4.78, 5) is 2.45. The van der Waals surface area contributed by atoms with E-state index in [1.54, 1.807) is 7.11 Å². The van der Waals surface area contributed by atoms with Gasteiger partial charge in [0.25, 0.3) is 0 Å². The minimum Gasteiger partial charge on any atom is -0.496 e. The molecule has 0 aromatic heterocycles. The van der Waals surface area contributed by atoms with Gasteiger partial charge in [-0.1, -0.05) is 39.0 Å². The molecule has 0 radical (unpaired) electrons. The van der Waals surface area contributed by atoms with Gasteiger partial charge >= 0.3 is 0 Å². The average Bonchev–Trinajstić information content (AvgIpc) is 2.69. The van der Waals surface area contributed by atoms with Gasteiger partial charge in [0.05, 0.1) is 7.11 Å². The molecule has 1 aromatic rings. The molecule has 2 N–H and O–H groups in total. The van der Waals surface area contributed by atoms with Crippen molar-refractivity contribution < 1.29 is 4.74 Å². The molecule has 1 fully saturated rings. The summed E-state index contributed by atoms with van der Waals surface area (Å²) < 4.78 is 5.49. The number of ether oxygens (including phenoxy) is 1. The number of para-hydroxylation sites is 1. The lowest BCUT2D eigenvalue weighted by molar-refractivity contribution is 0.0778. The Morgan fingerprint density at radius 2 is 2.00 bits per heavy atom. The standard InChI is InChI=1S/C18H30N2O/c1-14-10-17(2,3)12-18(14,13-19)20(4)11-15-8-6-7-9-16(15)21-5/h6-9,14H,10-13,19H2,1-5H3. The lowest BCUT2D eigenvalue weighted by Crippen LogP contribution is -2.54. The molecule has 0 heterocycles. The fraction of sp³-hybridized carbons (Fsp3) is 0.667. The number of methoxy groups -OCH3 is 1. The summed E-state index contributed by atoms with van der Waals surface area (Å²) in [5, 5.41) is 0. The Hall–Kier alpha value is -1.06. The van der Waals surface area contributed by atoms with Gasteiger partial charge in [0.2, 0.25) is 0 Å². The third kappa shape index (κ3) is 3.09. The maximum atomic E-state index is 6.23. The van der Waals surface area contributed by atoms with Gasteiger partial charge in [-0.3, -0.25) is 4.90 Å². The number of nitrogens with two attached hydrogens (primary N) is 1. The molecule has 1 aromatic carbocycles. The molecule has 1 aliphatic carbocycles. The predicted molar refractivity (Wildman–Crippen MR) is 88.4 cm³/mol. The van der Waals surface area contributed by atoms with Crippen LogP contribution in [-0.2, 0) is 6.54 Å². The third-order valence-corrected chi connectivity index (χ3v) is 5.27. The van der Waals surface area contributed by atoms with Crippen molar-refractivity contribution in [1.82, 2.24) is 4.90 Å².